The number of carbonyl (C=O) groups excluding carboxylic acids is 3. The van der Waals surface area contributed by atoms with E-state index in [1.54, 1.807) is 55.5 Å². The van der Waals surface area contributed by atoms with Crippen molar-refractivity contribution in [2.75, 3.05) is 23.6 Å². The molecule has 0 spiro atoms. The molecule has 9 heteroatoms. The average Bonchev–Trinajstić information content (AvgIpc) is 3.50. The zero-order valence-corrected chi connectivity index (χ0v) is 19.5. The molecule has 3 amide bonds. The second kappa shape index (κ2) is 9.69. The summed E-state index contributed by atoms with van der Waals surface area (Å²) in [5, 5.41) is 5.64. The maximum absolute atomic E-state index is 14.0. The fourth-order valence-electron chi connectivity index (χ4n) is 4.24. The first-order valence-corrected chi connectivity index (χ1v) is 11.5. The average molecular weight is 490 g/mol. The van der Waals surface area contributed by atoms with E-state index < -0.39 is 11.7 Å². The molecule has 184 valence electrons. The maximum Gasteiger partial charge on any atom is 0.253 e. The summed E-state index contributed by atoms with van der Waals surface area (Å²) in [6.45, 7) is 2.21. The molecule has 2 N–H and O–H groups in total. The van der Waals surface area contributed by atoms with Crippen LogP contribution in [0, 0.1) is 18.7 Å². The summed E-state index contributed by atoms with van der Waals surface area (Å²) in [6.07, 6.45) is -0.000192. The molecule has 0 aromatic heterocycles. The van der Waals surface area contributed by atoms with Crippen molar-refractivity contribution in [1.82, 2.24) is 5.32 Å². The van der Waals surface area contributed by atoms with Crippen molar-refractivity contribution in [3.63, 3.8) is 0 Å². The first-order chi connectivity index (χ1) is 17.4. The number of carbonyl (C=O) groups is 3. The van der Waals surface area contributed by atoms with Gasteiger partial charge in [0.15, 0.2) is 11.5 Å². The number of fused-ring (bicyclic) bond motifs is 1. The zero-order chi connectivity index (χ0) is 25.2. The van der Waals surface area contributed by atoms with Crippen LogP contribution in [0.15, 0.2) is 60.7 Å². The molecule has 36 heavy (non-hydrogen) atoms. The van der Waals surface area contributed by atoms with Crippen LogP contribution in [-0.2, 0) is 16.1 Å². The molecule has 1 saturated heterocycles. The number of ether oxygens (including phenoxy) is 2. The molecule has 2 aliphatic heterocycles. The van der Waals surface area contributed by atoms with Crippen LogP contribution in [0.3, 0.4) is 0 Å². The molecule has 1 atom stereocenters. The van der Waals surface area contributed by atoms with Crippen LogP contribution in [0.25, 0.3) is 0 Å². The summed E-state index contributed by atoms with van der Waals surface area (Å²) in [5.41, 5.74) is 2.38. The highest BCUT2D eigenvalue weighted by Gasteiger charge is 2.35. The van der Waals surface area contributed by atoms with Crippen LogP contribution < -0.4 is 25.0 Å². The molecular weight excluding hydrogens is 465 g/mol. The standard InChI is InChI=1S/C27H24FN3O5/c1-16-6-8-19(12-21(16)28)31-14-18(11-25(31)32)26(33)30-22-5-3-2-4-20(22)27(34)29-13-17-7-9-23-24(10-17)36-15-35-23/h2-10,12,18H,11,13-15H2,1H3,(H,29,34)(H,30,33). The first kappa shape index (κ1) is 23.3. The summed E-state index contributed by atoms with van der Waals surface area (Å²) in [7, 11) is 0. The number of aryl methyl sites for hydroxylation is 1. The zero-order valence-electron chi connectivity index (χ0n) is 19.5. The van der Waals surface area contributed by atoms with E-state index in [-0.39, 0.29) is 44.0 Å². The van der Waals surface area contributed by atoms with Gasteiger partial charge in [0.25, 0.3) is 5.91 Å². The molecular formula is C27H24FN3O5. The Bertz CT molecular complexity index is 1360. The molecule has 2 aliphatic rings. The van der Waals surface area contributed by atoms with Crippen LogP contribution in [0.2, 0.25) is 0 Å². The number of halogens is 1. The Morgan fingerprint density at radius 1 is 1.06 bits per heavy atom. The predicted octanol–water partition coefficient (Wildman–Crippen LogP) is 3.78. The van der Waals surface area contributed by atoms with Gasteiger partial charge in [-0.25, -0.2) is 4.39 Å². The summed E-state index contributed by atoms with van der Waals surface area (Å²) < 4.78 is 24.7. The first-order valence-electron chi connectivity index (χ1n) is 11.5. The maximum atomic E-state index is 14.0. The lowest BCUT2D eigenvalue weighted by atomic mass is 10.1. The van der Waals surface area contributed by atoms with E-state index in [1.165, 1.54) is 11.0 Å². The largest absolute Gasteiger partial charge is 0.454 e. The van der Waals surface area contributed by atoms with Crippen LogP contribution in [0.5, 0.6) is 11.5 Å². The van der Waals surface area contributed by atoms with E-state index >= 15 is 0 Å². The predicted molar refractivity (Wildman–Crippen MR) is 130 cm³/mol. The van der Waals surface area contributed by atoms with Gasteiger partial charge in [-0.05, 0) is 54.4 Å². The van der Waals surface area contributed by atoms with Gasteiger partial charge in [0.1, 0.15) is 5.82 Å². The molecule has 1 fully saturated rings. The van der Waals surface area contributed by atoms with E-state index in [1.807, 2.05) is 6.07 Å². The Labute approximate surface area is 207 Å². The third kappa shape index (κ3) is 4.72. The van der Waals surface area contributed by atoms with Crippen molar-refractivity contribution in [3.05, 3.63) is 83.2 Å². The second-order valence-corrected chi connectivity index (χ2v) is 8.74. The molecule has 0 aliphatic carbocycles. The molecule has 8 nitrogen and oxygen atoms in total. The second-order valence-electron chi connectivity index (χ2n) is 8.74. The number of benzene rings is 3. The summed E-state index contributed by atoms with van der Waals surface area (Å²) >= 11 is 0. The van der Waals surface area contributed by atoms with Crippen LogP contribution in [-0.4, -0.2) is 31.1 Å². The molecule has 3 aromatic carbocycles. The number of anilines is 2. The molecule has 5 rings (SSSR count). The fraction of sp³-hybridized carbons (Fsp3) is 0.222. The summed E-state index contributed by atoms with van der Waals surface area (Å²) in [6, 6.07) is 16.7. The number of amides is 3. The Hall–Kier alpha value is -4.40. The van der Waals surface area contributed by atoms with E-state index in [0.29, 0.717) is 34.0 Å². The van der Waals surface area contributed by atoms with Crippen molar-refractivity contribution in [1.29, 1.82) is 0 Å². The van der Waals surface area contributed by atoms with Crippen molar-refractivity contribution in [2.45, 2.75) is 19.9 Å². The lowest BCUT2D eigenvalue weighted by Gasteiger charge is -2.18. The van der Waals surface area contributed by atoms with Crippen molar-refractivity contribution in [2.24, 2.45) is 5.92 Å². The van der Waals surface area contributed by atoms with Gasteiger partial charge in [0, 0.05) is 25.2 Å². The summed E-state index contributed by atoms with van der Waals surface area (Å²) in [5.74, 6) is -0.747. The third-order valence-corrected chi connectivity index (χ3v) is 6.28. The highest BCUT2D eigenvalue weighted by Crippen LogP contribution is 2.32. The summed E-state index contributed by atoms with van der Waals surface area (Å²) in [4.78, 5) is 39.9. The SMILES string of the molecule is Cc1ccc(N2CC(C(=O)Nc3ccccc3C(=O)NCc3ccc4c(c3)OCO4)CC2=O)cc1F. The number of rotatable bonds is 6. The van der Waals surface area contributed by atoms with Crippen molar-refractivity contribution in [3.8, 4) is 11.5 Å². The Morgan fingerprint density at radius 2 is 1.86 bits per heavy atom. The van der Waals surface area contributed by atoms with Gasteiger partial charge in [-0.1, -0.05) is 24.3 Å². The minimum absolute atomic E-state index is 0.000192. The smallest absolute Gasteiger partial charge is 0.253 e. The minimum atomic E-state index is -0.633. The normalized spacial score (nSPS) is 16.2. The van der Waals surface area contributed by atoms with Gasteiger partial charge >= 0.3 is 0 Å². The lowest BCUT2D eigenvalue weighted by molar-refractivity contribution is -0.122. The number of para-hydroxylation sites is 1. The third-order valence-electron chi connectivity index (χ3n) is 6.28. The van der Waals surface area contributed by atoms with E-state index in [2.05, 4.69) is 10.6 Å². The highest BCUT2D eigenvalue weighted by atomic mass is 19.1. The molecule has 1 unspecified atom stereocenters. The topological polar surface area (TPSA) is 97.0 Å². The van der Waals surface area contributed by atoms with E-state index in [4.69, 9.17) is 9.47 Å². The Morgan fingerprint density at radius 3 is 2.69 bits per heavy atom. The molecule has 0 saturated carbocycles. The fourth-order valence-corrected chi connectivity index (χ4v) is 4.24. The monoisotopic (exact) mass is 489 g/mol. The number of hydrogen-bond acceptors (Lipinski definition) is 5. The molecule has 2 heterocycles. The van der Waals surface area contributed by atoms with Crippen LogP contribution >= 0.6 is 0 Å². The highest BCUT2D eigenvalue weighted by molar-refractivity contribution is 6.07. The lowest BCUT2D eigenvalue weighted by Crippen LogP contribution is -2.29. The molecule has 0 bridgehead atoms. The van der Waals surface area contributed by atoms with Gasteiger partial charge in [0.05, 0.1) is 17.2 Å². The van der Waals surface area contributed by atoms with Gasteiger partial charge in [-0.3, -0.25) is 14.4 Å². The van der Waals surface area contributed by atoms with Crippen molar-refractivity contribution >= 4 is 29.1 Å². The van der Waals surface area contributed by atoms with Gasteiger partial charge < -0.3 is 25.0 Å². The van der Waals surface area contributed by atoms with E-state index in [0.717, 1.165) is 5.56 Å². The number of hydrogen-bond donors (Lipinski definition) is 2. The van der Waals surface area contributed by atoms with Crippen molar-refractivity contribution < 1.29 is 28.2 Å². The number of nitrogens with one attached hydrogen (secondary N) is 2. The van der Waals surface area contributed by atoms with Crippen LogP contribution in [0.1, 0.15) is 27.9 Å². The van der Waals surface area contributed by atoms with Gasteiger partial charge in [-0.2, -0.15) is 0 Å². The van der Waals surface area contributed by atoms with E-state index in [9.17, 15) is 18.8 Å². The Kier molecular flexibility index (Phi) is 6.28. The number of nitrogens with zero attached hydrogens (tertiary/aromatic N) is 1. The quantitative estimate of drug-likeness (QED) is 0.549. The molecule has 3 aromatic rings. The molecule has 0 radical (unpaired) electrons. The Balaban J connectivity index is 1.24. The minimum Gasteiger partial charge on any atom is -0.454 e. The van der Waals surface area contributed by atoms with Gasteiger partial charge in [0.2, 0.25) is 18.6 Å². The van der Waals surface area contributed by atoms with Crippen LogP contribution in [0.4, 0.5) is 15.8 Å². The van der Waals surface area contributed by atoms with Gasteiger partial charge in [-0.15, -0.1) is 0 Å².